The Kier molecular flexibility index (Phi) is 6.12. The lowest BCUT2D eigenvalue weighted by molar-refractivity contribution is -0.143. The van der Waals surface area contributed by atoms with E-state index in [9.17, 15) is 9.59 Å². The van der Waals surface area contributed by atoms with E-state index in [1.807, 2.05) is 0 Å². The summed E-state index contributed by atoms with van der Waals surface area (Å²) in [7, 11) is 0. The molecule has 0 bridgehead atoms. The maximum atomic E-state index is 11.3. The van der Waals surface area contributed by atoms with Crippen molar-refractivity contribution in [2.45, 2.75) is 26.9 Å². The molecule has 15 heavy (non-hydrogen) atoms. The number of carbonyl (C=O) groups is 2. The van der Waals surface area contributed by atoms with E-state index in [1.165, 1.54) is 13.8 Å². The number of ether oxygens (including phenoxy) is 1. The molecule has 0 saturated carbocycles. The number of hydrogen-bond donors (Lipinski definition) is 0. The van der Waals surface area contributed by atoms with E-state index in [0.717, 1.165) is 6.17 Å². The highest BCUT2D eigenvalue weighted by atomic mass is 79.9. The van der Waals surface area contributed by atoms with E-state index in [1.54, 1.807) is 4.90 Å². The smallest absolute Gasteiger partial charge is 0.302 e. The van der Waals surface area contributed by atoms with Gasteiger partial charge >= 0.3 is 5.97 Å². The molecule has 88 valence electrons. The van der Waals surface area contributed by atoms with Gasteiger partial charge in [-0.2, -0.15) is 0 Å². The van der Waals surface area contributed by atoms with Crippen molar-refractivity contribution in [3.05, 3.63) is 0 Å². The molecule has 0 aromatic rings. The topological polar surface area (TPSA) is 46.6 Å². The summed E-state index contributed by atoms with van der Waals surface area (Å²) < 4.78 is 4.80. The van der Waals surface area contributed by atoms with Crippen LogP contribution in [0.4, 0.5) is 0 Å². The van der Waals surface area contributed by atoms with Gasteiger partial charge in [0.15, 0.2) is 0 Å². The van der Waals surface area contributed by atoms with Gasteiger partial charge in [-0.25, -0.2) is 0 Å². The summed E-state index contributed by atoms with van der Waals surface area (Å²) in [6, 6.07) is 0. The molecule has 6 heteroatoms. The third kappa shape index (κ3) is 8.62. The highest BCUT2D eigenvalue weighted by molar-refractivity contribution is 9.26. The van der Waals surface area contributed by atoms with Crippen molar-refractivity contribution in [3.8, 4) is 0 Å². The first-order valence-corrected chi connectivity index (χ1v) is 10.3. The zero-order valence-electron chi connectivity index (χ0n) is 9.67. The fourth-order valence-corrected chi connectivity index (χ4v) is 3.30. The van der Waals surface area contributed by atoms with Gasteiger partial charge in [0.05, 0.1) is 6.54 Å². The number of rotatable bonds is 5. The Balaban J connectivity index is 4.06. The molecule has 4 nitrogen and oxygen atoms in total. The molecule has 0 aliphatic heterocycles. The molecule has 0 unspecified atom stereocenters. The molecule has 0 aliphatic rings. The molecule has 0 fully saturated rings. The molecular formula is C9H18BrNO3Si. The van der Waals surface area contributed by atoms with Crippen molar-refractivity contribution in [2.75, 3.05) is 19.3 Å². The molecular weight excluding hydrogens is 278 g/mol. The Morgan fingerprint density at radius 2 is 1.87 bits per heavy atom. The Morgan fingerprint density at radius 3 is 2.20 bits per heavy atom. The minimum absolute atomic E-state index is 0.0159. The molecule has 0 rings (SSSR count). The van der Waals surface area contributed by atoms with Gasteiger partial charge in [0, 0.05) is 20.0 Å². The minimum Gasteiger partial charge on any atom is -0.464 e. The van der Waals surface area contributed by atoms with Gasteiger partial charge in [-0.1, -0.05) is 13.1 Å². The van der Waals surface area contributed by atoms with E-state index < -0.39 is 6.69 Å². The molecule has 0 atom stereocenters. The largest absolute Gasteiger partial charge is 0.464 e. The standard InChI is InChI=1S/C9H18BrNO3Si/c1-8(12)11(7-15(3,4)10)5-6-14-9(2)13/h5-7H2,1-4H3. The van der Waals surface area contributed by atoms with Crippen LogP contribution in [0, 0.1) is 0 Å². The first kappa shape index (κ1) is 14.6. The summed E-state index contributed by atoms with van der Waals surface area (Å²) in [6.07, 6.45) is 0.726. The monoisotopic (exact) mass is 295 g/mol. The molecule has 0 heterocycles. The molecule has 0 spiro atoms. The summed E-state index contributed by atoms with van der Waals surface area (Å²) in [6.45, 7) is 6.39. The van der Waals surface area contributed by atoms with Crippen LogP contribution in [0.2, 0.25) is 13.1 Å². The molecule has 0 aromatic heterocycles. The van der Waals surface area contributed by atoms with E-state index in [2.05, 4.69) is 28.4 Å². The van der Waals surface area contributed by atoms with Crippen LogP contribution in [0.5, 0.6) is 0 Å². The van der Waals surface area contributed by atoms with Crippen molar-refractivity contribution >= 4 is 33.9 Å². The molecule has 0 N–H and O–H groups in total. The predicted octanol–water partition coefficient (Wildman–Crippen LogP) is 1.54. The Morgan fingerprint density at radius 1 is 1.33 bits per heavy atom. The summed E-state index contributed by atoms with van der Waals surface area (Å²) in [5.41, 5.74) is 0. The van der Waals surface area contributed by atoms with Crippen LogP contribution in [0.25, 0.3) is 0 Å². The van der Waals surface area contributed by atoms with Crippen LogP contribution in [-0.2, 0) is 14.3 Å². The normalized spacial score (nSPS) is 11.0. The summed E-state index contributed by atoms with van der Waals surface area (Å²) in [5.74, 6) is -0.295. The van der Waals surface area contributed by atoms with Crippen molar-refractivity contribution in [2.24, 2.45) is 0 Å². The fourth-order valence-electron chi connectivity index (χ4n) is 1.10. The van der Waals surface area contributed by atoms with Crippen molar-refractivity contribution < 1.29 is 14.3 Å². The Hall–Kier alpha value is -0.363. The van der Waals surface area contributed by atoms with Crippen molar-refractivity contribution in [3.63, 3.8) is 0 Å². The fraction of sp³-hybridized carbons (Fsp3) is 0.778. The van der Waals surface area contributed by atoms with Crippen LogP contribution in [0.1, 0.15) is 13.8 Å². The first-order chi connectivity index (χ1) is 6.72. The number of amides is 1. The molecule has 0 radical (unpaired) electrons. The third-order valence-corrected chi connectivity index (χ3v) is 3.56. The second kappa shape index (κ2) is 6.27. The highest BCUT2D eigenvalue weighted by Gasteiger charge is 2.22. The lowest BCUT2D eigenvalue weighted by Crippen LogP contribution is -2.42. The minimum atomic E-state index is -1.48. The zero-order chi connectivity index (χ0) is 12.1. The van der Waals surface area contributed by atoms with E-state index in [4.69, 9.17) is 4.74 Å². The second-order valence-corrected chi connectivity index (χ2v) is 14.2. The van der Waals surface area contributed by atoms with Crippen LogP contribution in [0.15, 0.2) is 0 Å². The third-order valence-electron chi connectivity index (χ3n) is 1.68. The first-order valence-electron chi connectivity index (χ1n) is 4.80. The van der Waals surface area contributed by atoms with Gasteiger partial charge in [0.1, 0.15) is 13.3 Å². The summed E-state index contributed by atoms with van der Waals surface area (Å²) >= 11 is 3.61. The van der Waals surface area contributed by atoms with Gasteiger partial charge in [0.25, 0.3) is 0 Å². The van der Waals surface area contributed by atoms with Gasteiger partial charge in [-0.3, -0.25) is 9.59 Å². The number of nitrogens with zero attached hydrogens (tertiary/aromatic N) is 1. The van der Waals surface area contributed by atoms with E-state index >= 15 is 0 Å². The number of carbonyl (C=O) groups excluding carboxylic acids is 2. The van der Waals surface area contributed by atoms with Crippen LogP contribution in [-0.4, -0.2) is 42.8 Å². The second-order valence-electron chi connectivity index (χ2n) is 4.00. The Bertz CT molecular complexity index is 240. The lowest BCUT2D eigenvalue weighted by Gasteiger charge is -2.26. The Labute approximate surface area is 99.6 Å². The summed E-state index contributed by atoms with van der Waals surface area (Å²) in [5, 5.41) is 0. The maximum Gasteiger partial charge on any atom is 0.302 e. The van der Waals surface area contributed by atoms with Gasteiger partial charge < -0.3 is 9.64 Å². The zero-order valence-corrected chi connectivity index (χ0v) is 12.3. The number of hydrogen-bond acceptors (Lipinski definition) is 3. The molecule has 0 saturated heterocycles. The SMILES string of the molecule is CC(=O)OCCN(C[Si](C)(C)Br)C(C)=O. The average Bonchev–Trinajstić information content (AvgIpc) is 1.99. The predicted molar refractivity (Wildman–Crippen MR) is 65.3 cm³/mol. The van der Waals surface area contributed by atoms with Crippen LogP contribution in [0.3, 0.4) is 0 Å². The number of halogens is 1. The summed E-state index contributed by atoms with van der Waals surface area (Å²) in [4.78, 5) is 23.6. The van der Waals surface area contributed by atoms with Crippen LogP contribution < -0.4 is 0 Å². The van der Waals surface area contributed by atoms with Gasteiger partial charge in [-0.05, 0) is 0 Å². The van der Waals surface area contributed by atoms with E-state index in [-0.39, 0.29) is 18.5 Å². The van der Waals surface area contributed by atoms with Crippen molar-refractivity contribution in [1.82, 2.24) is 4.90 Å². The molecule has 1 amide bonds. The maximum absolute atomic E-state index is 11.3. The number of esters is 1. The van der Waals surface area contributed by atoms with Gasteiger partial charge in [-0.15, -0.1) is 15.3 Å². The average molecular weight is 296 g/mol. The quantitative estimate of drug-likeness (QED) is 0.439. The van der Waals surface area contributed by atoms with E-state index in [0.29, 0.717) is 6.54 Å². The van der Waals surface area contributed by atoms with Crippen LogP contribution >= 0.6 is 15.3 Å². The highest BCUT2D eigenvalue weighted by Crippen LogP contribution is 2.12. The molecule has 0 aromatic carbocycles. The van der Waals surface area contributed by atoms with Gasteiger partial charge in [0.2, 0.25) is 5.91 Å². The molecule has 0 aliphatic carbocycles. The van der Waals surface area contributed by atoms with Crippen molar-refractivity contribution in [1.29, 1.82) is 0 Å². The lowest BCUT2D eigenvalue weighted by atomic mass is 10.5.